The smallest absolute Gasteiger partial charge is 0.253 e. The van der Waals surface area contributed by atoms with E-state index >= 15 is 0 Å². The van der Waals surface area contributed by atoms with Crippen molar-refractivity contribution < 1.29 is 9.18 Å². The molecule has 0 spiro atoms. The topological polar surface area (TPSA) is 32.3 Å². The Hall–Kier alpha value is -1.42. The van der Waals surface area contributed by atoms with E-state index in [-0.39, 0.29) is 11.8 Å². The number of nitrogens with one attached hydrogen (secondary N) is 1. The first-order valence-electron chi connectivity index (χ1n) is 8.26. The lowest BCUT2D eigenvalue weighted by Gasteiger charge is -2.27. The zero-order valence-electron chi connectivity index (χ0n) is 14.8. The van der Waals surface area contributed by atoms with Crippen LogP contribution in [0.25, 0.3) is 0 Å². The highest BCUT2D eigenvalue weighted by molar-refractivity contribution is 5.93. The molecule has 22 heavy (non-hydrogen) atoms. The van der Waals surface area contributed by atoms with Crippen molar-refractivity contribution in [1.29, 1.82) is 0 Å². The summed E-state index contributed by atoms with van der Waals surface area (Å²) in [5, 5.41) is 3.04. The van der Waals surface area contributed by atoms with E-state index in [2.05, 4.69) is 5.32 Å². The summed E-state index contributed by atoms with van der Waals surface area (Å²) in [5.74, 6) is -0.0709. The quantitative estimate of drug-likeness (QED) is 0.899. The van der Waals surface area contributed by atoms with Gasteiger partial charge in [0.1, 0.15) is 6.17 Å². The molecule has 1 aromatic carbocycles. The van der Waals surface area contributed by atoms with Gasteiger partial charge >= 0.3 is 0 Å². The average Bonchev–Trinajstić information content (AvgIpc) is 2.58. The zero-order chi connectivity index (χ0) is 17.1. The van der Waals surface area contributed by atoms with Gasteiger partial charge in [0.2, 0.25) is 0 Å². The van der Waals surface area contributed by atoms with Crippen LogP contribution in [-0.4, -0.2) is 44.2 Å². The maximum absolute atomic E-state index is 13.8. The lowest BCUT2D eigenvalue weighted by Crippen LogP contribution is -2.36. The molecule has 126 valence electrons. The fourth-order valence-corrected chi connectivity index (χ4v) is 2.33. The van der Waals surface area contributed by atoms with E-state index in [0.29, 0.717) is 12.1 Å². The highest BCUT2D eigenvalue weighted by Crippen LogP contribution is 2.27. The fourth-order valence-electron chi connectivity index (χ4n) is 2.33. The lowest BCUT2D eigenvalue weighted by atomic mass is 9.88. The van der Waals surface area contributed by atoms with Gasteiger partial charge in [-0.2, -0.15) is 0 Å². The molecule has 2 atom stereocenters. The van der Waals surface area contributed by atoms with Crippen molar-refractivity contribution in [3.05, 3.63) is 35.4 Å². The van der Waals surface area contributed by atoms with Crippen molar-refractivity contribution in [2.75, 3.05) is 27.2 Å². The Balaban J connectivity index is 0.00000102. The summed E-state index contributed by atoms with van der Waals surface area (Å²) in [6, 6.07) is 7.32. The number of carbonyl (C=O) groups is 1. The van der Waals surface area contributed by atoms with E-state index in [1.54, 1.807) is 26.2 Å². The molecule has 0 saturated carbocycles. The number of hydrogen-bond acceptors (Lipinski definition) is 2. The van der Waals surface area contributed by atoms with Crippen LogP contribution in [0.2, 0.25) is 0 Å². The minimum absolute atomic E-state index is 0.0244. The predicted molar refractivity (Wildman–Crippen MR) is 92.3 cm³/mol. The Bertz CT molecular complexity index is 418. The van der Waals surface area contributed by atoms with E-state index in [1.807, 2.05) is 39.8 Å². The van der Waals surface area contributed by atoms with Crippen molar-refractivity contribution >= 4 is 5.91 Å². The van der Waals surface area contributed by atoms with Crippen LogP contribution in [0.4, 0.5) is 4.39 Å². The van der Waals surface area contributed by atoms with Crippen LogP contribution in [0.5, 0.6) is 0 Å². The number of piperidine rings is 1. The third-order valence-corrected chi connectivity index (χ3v) is 3.40. The number of alkyl halides is 1. The second-order valence-corrected chi connectivity index (χ2v) is 4.94. The predicted octanol–water partition coefficient (Wildman–Crippen LogP) is 3.86. The van der Waals surface area contributed by atoms with Crippen molar-refractivity contribution in [3.8, 4) is 0 Å². The molecule has 1 aliphatic rings. The highest BCUT2D eigenvalue weighted by atomic mass is 19.1. The van der Waals surface area contributed by atoms with Gasteiger partial charge in [-0.25, -0.2) is 4.39 Å². The molecule has 1 heterocycles. The van der Waals surface area contributed by atoms with Gasteiger partial charge in [-0.15, -0.1) is 0 Å². The molecule has 4 heteroatoms. The molecule has 0 aliphatic carbocycles. The van der Waals surface area contributed by atoms with Crippen LogP contribution >= 0.6 is 0 Å². The molecule has 0 radical (unpaired) electrons. The van der Waals surface area contributed by atoms with E-state index < -0.39 is 6.17 Å². The summed E-state index contributed by atoms with van der Waals surface area (Å²) >= 11 is 0. The molecule has 0 bridgehead atoms. The molecule has 2 rings (SSSR count). The van der Waals surface area contributed by atoms with Gasteiger partial charge in [-0.3, -0.25) is 4.79 Å². The summed E-state index contributed by atoms with van der Waals surface area (Å²) in [4.78, 5) is 13.3. The summed E-state index contributed by atoms with van der Waals surface area (Å²) in [7, 11) is 3.45. The summed E-state index contributed by atoms with van der Waals surface area (Å²) in [5.41, 5.74) is 1.63. The standard InChI is InChI=1S/C14H19FN2O.2C2H6/c1-17(2)14(18)11-5-3-10(4-6-11)12-7-8-16-9-13(12)15;2*1-2/h3-6,12-13,16H,7-9H2,1-2H3;2*1-2H3. The van der Waals surface area contributed by atoms with Crippen LogP contribution in [-0.2, 0) is 0 Å². The van der Waals surface area contributed by atoms with Crippen LogP contribution in [0.15, 0.2) is 24.3 Å². The number of halogens is 1. The van der Waals surface area contributed by atoms with Gasteiger partial charge in [0.15, 0.2) is 0 Å². The van der Waals surface area contributed by atoms with Crippen LogP contribution in [0, 0.1) is 0 Å². The van der Waals surface area contributed by atoms with Crippen molar-refractivity contribution in [2.24, 2.45) is 0 Å². The summed E-state index contributed by atoms with van der Waals surface area (Å²) in [6.07, 6.45) is -0.0311. The van der Waals surface area contributed by atoms with E-state index in [9.17, 15) is 9.18 Å². The monoisotopic (exact) mass is 310 g/mol. The third-order valence-electron chi connectivity index (χ3n) is 3.40. The van der Waals surface area contributed by atoms with E-state index in [4.69, 9.17) is 0 Å². The van der Waals surface area contributed by atoms with E-state index in [1.165, 1.54) is 4.90 Å². The number of amides is 1. The van der Waals surface area contributed by atoms with Gasteiger partial charge in [0, 0.05) is 32.1 Å². The number of benzene rings is 1. The van der Waals surface area contributed by atoms with Gasteiger partial charge < -0.3 is 10.2 Å². The first-order chi connectivity index (χ1) is 10.6. The Labute approximate surface area is 134 Å². The first kappa shape index (κ1) is 20.6. The molecule has 1 N–H and O–H groups in total. The maximum atomic E-state index is 13.8. The fraction of sp³-hybridized carbons (Fsp3) is 0.611. The van der Waals surface area contributed by atoms with Crippen molar-refractivity contribution in [2.45, 2.75) is 46.2 Å². The minimum Gasteiger partial charge on any atom is -0.345 e. The normalized spacial score (nSPS) is 20.0. The lowest BCUT2D eigenvalue weighted by molar-refractivity contribution is 0.0827. The average molecular weight is 310 g/mol. The first-order valence-corrected chi connectivity index (χ1v) is 8.26. The van der Waals surface area contributed by atoms with Gasteiger partial charge in [0.25, 0.3) is 5.91 Å². The SMILES string of the molecule is CC.CC.CN(C)C(=O)c1ccc(C2CCNCC2F)cc1. The van der Waals surface area contributed by atoms with Crippen LogP contribution in [0.1, 0.15) is 56.0 Å². The largest absolute Gasteiger partial charge is 0.345 e. The molecule has 2 unspecified atom stereocenters. The molecule has 1 aromatic rings. The van der Waals surface area contributed by atoms with Crippen LogP contribution in [0.3, 0.4) is 0 Å². The number of nitrogens with zero attached hydrogens (tertiary/aromatic N) is 1. The van der Waals surface area contributed by atoms with Crippen LogP contribution < -0.4 is 5.32 Å². The Morgan fingerprint density at radius 2 is 1.68 bits per heavy atom. The Morgan fingerprint density at radius 3 is 2.14 bits per heavy atom. The van der Waals surface area contributed by atoms with Gasteiger partial charge in [0.05, 0.1) is 0 Å². The number of rotatable bonds is 2. The molecule has 1 aliphatic heterocycles. The molecular weight excluding hydrogens is 279 g/mol. The maximum Gasteiger partial charge on any atom is 0.253 e. The van der Waals surface area contributed by atoms with Gasteiger partial charge in [-0.1, -0.05) is 39.8 Å². The van der Waals surface area contributed by atoms with E-state index in [0.717, 1.165) is 18.5 Å². The molecule has 1 amide bonds. The summed E-state index contributed by atoms with van der Waals surface area (Å²) in [6.45, 7) is 9.27. The molecule has 1 saturated heterocycles. The van der Waals surface area contributed by atoms with Gasteiger partial charge in [-0.05, 0) is 30.7 Å². The zero-order valence-corrected chi connectivity index (χ0v) is 14.8. The Kier molecular flexibility index (Phi) is 10.5. The number of hydrogen-bond donors (Lipinski definition) is 1. The second kappa shape index (κ2) is 11.2. The Morgan fingerprint density at radius 1 is 1.14 bits per heavy atom. The molecular formula is C18H31FN2O. The number of carbonyl (C=O) groups excluding carboxylic acids is 1. The molecule has 1 fully saturated rings. The summed E-state index contributed by atoms with van der Waals surface area (Å²) < 4.78 is 13.8. The molecule has 0 aromatic heterocycles. The second-order valence-electron chi connectivity index (χ2n) is 4.94. The minimum atomic E-state index is -0.839. The van der Waals surface area contributed by atoms with Crippen molar-refractivity contribution in [3.63, 3.8) is 0 Å². The van der Waals surface area contributed by atoms with Crippen molar-refractivity contribution in [1.82, 2.24) is 10.2 Å². The molecule has 3 nitrogen and oxygen atoms in total. The third kappa shape index (κ3) is 5.76. The highest BCUT2D eigenvalue weighted by Gasteiger charge is 2.25.